The molecule has 0 unspecified atom stereocenters. The molecule has 14 heteroatoms. The normalized spacial score (nSPS) is 20.4. The number of nitrogens with zero attached hydrogens (tertiary/aromatic N) is 4. The minimum atomic E-state index is -4.33. The van der Waals surface area contributed by atoms with Gasteiger partial charge in [-0.2, -0.15) is 18.3 Å². The van der Waals surface area contributed by atoms with Gasteiger partial charge in [-0.05, 0) is 68.8 Å². The van der Waals surface area contributed by atoms with Crippen LogP contribution < -0.4 is 10.6 Å². The Morgan fingerprint density at radius 1 is 0.979 bits per heavy atom. The van der Waals surface area contributed by atoms with Gasteiger partial charge in [-0.25, -0.2) is 4.39 Å². The Kier molecular flexibility index (Phi) is 12.2. The van der Waals surface area contributed by atoms with E-state index in [1.165, 1.54) is 29.1 Å². The fourth-order valence-electron chi connectivity index (χ4n) is 6.37. The molecule has 1 saturated carbocycles. The summed E-state index contributed by atoms with van der Waals surface area (Å²) in [4.78, 5) is 56.2. The van der Waals surface area contributed by atoms with Gasteiger partial charge >= 0.3 is 6.18 Å². The first kappa shape index (κ1) is 36.0. The van der Waals surface area contributed by atoms with Crippen LogP contribution in [0.3, 0.4) is 0 Å². The van der Waals surface area contributed by atoms with E-state index in [1.807, 2.05) is 7.05 Å². The average molecular weight is 665 g/mol. The van der Waals surface area contributed by atoms with Crippen molar-refractivity contribution < 1.29 is 36.7 Å². The highest BCUT2D eigenvalue weighted by Crippen LogP contribution is 2.40. The number of carbonyl (C=O) groups excluding carboxylic acids is 4. The van der Waals surface area contributed by atoms with Crippen molar-refractivity contribution in [1.82, 2.24) is 30.2 Å². The van der Waals surface area contributed by atoms with Gasteiger partial charge in [0.05, 0.1) is 12.0 Å². The molecule has 2 atom stereocenters. The van der Waals surface area contributed by atoms with Gasteiger partial charge in [-0.3, -0.25) is 23.9 Å². The van der Waals surface area contributed by atoms with Crippen LogP contribution in [0.4, 0.5) is 17.6 Å². The number of hydrogen-bond acceptors (Lipinski definition) is 6. The number of halogens is 4. The number of rotatable bonds is 12. The maximum Gasteiger partial charge on any atom is 0.391 e. The lowest BCUT2D eigenvalue weighted by Gasteiger charge is -2.35. The molecule has 47 heavy (non-hydrogen) atoms. The molecule has 2 N–H and O–H groups in total. The molecule has 258 valence electrons. The Bertz CT molecular complexity index is 1410. The Balaban J connectivity index is 1.49. The van der Waals surface area contributed by atoms with Crippen molar-refractivity contribution in [2.24, 2.45) is 11.8 Å². The lowest BCUT2D eigenvalue weighted by molar-refractivity contribution is -0.184. The van der Waals surface area contributed by atoms with Gasteiger partial charge in [0.1, 0.15) is 17.6 Å². The quantitative estimate of drug-likeness (QED) is 0.336. The van der Waals surface area contributed by atoms with Gasteiger partial charge in [0, 0.05) is 58.2 Å². The van der Waals surface area contributed by atoms with Gasteiger partial charge in [0.25, 0.3) is 5.91 Å². The van der Waals surface area contributed by atoms with E-state index in [0.29, 0.717) is 38.3 Å². The first-order chi connectivity index (χ1) is 22.3. The Morgan fingerprint density at radius 3 is 2.26 bits per heavy atom. The molecule has 10 nitrogen and oxygen atoms in total. The number of hydrogen-bond donors (Lipinski definition) is 2. The SMILES string of the molecule is CCC(=O)N[C@H](Cc1ccc(CC(=O)[C@@H](NC(=O)c2ccnn2CC)C2CCC(C(F)(F)F)CC2)c(F)c1)C(=O)N1CCN(C)CC1. The third-order valence-electron chi connectivity index (χ3n) is 9.28. The number of benzene rings is 1. The van der Waals surface area contributed by atoms with E-state index in [2.05, 4.69) is 20.6 Å². The molecule has 2 aliphatic rings. The number of likely N-dealkylation sites (N-methyl/N-ethyl adjacent to an activating group) is 1. The number of ketones is 1. The minimum Gasteiger partial charge on any atom is -0.344 e. The van der Waals surface area contributed by atoms with Crippen molar-refractivity contribution in [1.29, 1.82) is 0 Å². The molecule has 4 rings (SSSR count). The highest BCUT2D eigenvalue weighted by atomic mass is 19.4. The van der Waals surface area contributed by atoms with Crippen molar-refractivity contribution in [3.63, 3.8) is 0 Å². The number of piperazine rings is 1. The molecule has 2 aromatic rings. The monoisotopic (exact) mass is 664 g/mol. The van der Waals surface area contributed by atoms with Crippen LogP contribution in [-0.2, 0) is 33.8 Å². The summed E-state index contributed by atoms with van der Waals surface area (Å²) in [5.41, 5.74) is 0.714. The third-order valence-corrected chi connectivity index (χ3v) is 9.28. The topological polar surface area (TPSA) is 117 Å². The van der Waals surface area contributed by atoms with Crippen molar-refractivity contribution in [3.8, 4) is 0 Å². The van der Waals surface area contributed by atoms with E-state index in [0.717, 1.165) is 0 Å². The maximum atomic E-state index is 15.5. The zero-order valence-electron chi connectivity index (χ0n) is 27.1. The highest BCUT2D eigenvalue weighted by molar-refractivity contribution is 5.97. The van der Waals surface area contributed by atoms with Crippen LogP contribution >= 0.6 is 0 Å². The zero-order valence-corrected chi connectivity index (χ0v) is 27.1. The van der Waals surface area contributed by atoms with Gasteiger partial charge in [0.2, 0.25) is 11.8 Å². The van der Waals surface area contributed by atoms with E-state index in [9.17, 15) is 32.3 Å². The van der Waals surface area contributed by atoms with Crippen molar-refractivity contribution in [3.05, 3.63) is 53.1 Å². The lowest BCUT2D eigenvalue weighted by Crippen LogP contribution is -2.54. The molecule has 1 saturated heterocycles. The van der Waals surface area contributed by atoms with Gasteiger partial charge in [0.15, 0.2) is 5.78 Å². The van der Waals surface area contributed by atoms with E-state index in [1.54, 1.807) is 24.8 Å². The Morgan fingerprint density at radius 2 is 1.66 bits per heavy atom. The number of alkyl halides is 3. The second-order valence-electron chi connectivity index (χ2n) is 12.5. The minimum absolute atomic E-state index is 0.0499. The zero-order chi connectivity index (χ0) is 34.3. The third kappa shape index (κ3) is 9.39. The molecule has 3 amide bonds. The van der Waals surface area contributed by atoms with Crippen LogP contribution in [0.1, 0.15) is 67.6 Å². The Hall–Kier alpha value is -3.81. The predicted octanol–water partition coefficient (Wildman–Crippen LogP) is 3.53. The molecule has 1 aromatic heterocycles. The standard InChI is InChI=1S/C33H44F4N6O4/c1-4-29(45)39-26(32(47)42-16-14-41(3)15-17-42)19-21-6-7-23(25(34)18-21)20-28(44)30(22-8-10-24(11-9-22)33(35,36)37)40-31(46)27-12-13-38-43(27)5-2/h6-7,12-13,18,22,24,26,30H,4-5,8-11,14-17,19-20H2,1-3H3,(H,39,45)(H,40,46)/t22?,24?,26-,30+/m1/s1. The molecule has 0 radical (unpaired) electrons. The van der Waals surface area contributed by atoms with Crippen LogP contribution in [0.5, 0.6) is 0 Å². The summed E-state index contributed by atoms with van der Waals surface area (Å²) in [6, 6.07) is 3.74. The van der Waals surface area contributed by atoms with Crippen molar-refractivity contribution >= 4 is 23.5 Å². The molecular weight excluding hydrogens is 620 g/mol. The second-order valence-corrected chi connectivity index (χ2v) is 12.5. The van der Waals surface area contributed by atoms with E-state index < -0.39 is 47.6 Å². The predicted molar refractivity (Wildman–Crippen MR) is 166 cm³/mol. The first-order valence-corrected chi connectivity index (χ1v) is 16.3. The van der Waals surface area contributed by atoms with Gasteiger partial charge in [-0.15, -0.1) is 0 Å². The van der Waals surface area contributed by atoms with E-state index >= 15 is 4.39 Å². The summed E-state index contributed by atoms with van der Waals surface area (Å²) in [7, 11) is 1.96. The molecule has 2 fully saturated rings. The van der Waals surface area contributed by atoms with Crippen molar-refractivity contribution in [2.45, 2.75) is 83.6 Å². The number of nitrogens with one attached hydrogen (secondary N) is 2. The largest absolute Gasteiger partial charge is 0.391 e. The number of amides is 3. The number of Topliss-reactive ketones (excluding diaryl/α,β-unsaturated/α-hetero) is 1. The summed E-state index contributed by atoms with van der Waals surface area (Å²) in [5, 5.41) is 9.55. The number of aromatic nitrogens is 2. The average Bonchev–Trinajstić information content (AvgIpc) is 3.53. The highest BCUT2D eigenvalue weighted by Gasteiger charge is 2.44. The van der Waals surface area contributed by atoms with Crippen LogP contribution in [0.15, 0.2) is 30.5 Å². The summed E-state index contributed by atoms with van der Waals surface area (Å²) in [6.45, 7) is 6.29. The molecule has 0 bridgehead atoms. The molecule has 1 aliphatic heterocycles. The van der Waals surface area contributed by atoms with E-state index in [4.69, 9.17) is 0 Å². The molecule has 1 aliphatic carbocycles. The fourth-order valence-corrected chi connectivity index (χ4v) is 6.37. The number of aryl methyl sites for hydroxylation is 1. The number of carbonyl (C=O) groups is 4. The molecular formula is C33H44F4N6O4. The summed E-state index contributed by atoms with van der Waals surface area (Å²) in [5.74, 6) is -4.36. The van der Waals surface area contributed by atoms with Crippen LogP contribution in [0.25, 0.3) is 0 Å². The molecule has 1 aromatic carbocycles. The summed E-state index contributed by atoms with van der Waals surface area (Å²) in [6.07, 6.45) is -3.20. The van der Waals surface area contributed by atoms with E-state index in [-0.39, 0.29) is 68.0 Å². The first-order valence-electron chi connectivity index (χ1n) is 16.3. The van der Waals surface area contributed by atoms with Crippen LogP contribution in [0, 0.1) is 17.7 Å². The van der Waals surface area contributed by atoms with Gasteiger partial charge < -0.3 is 20.4 Å². The van der Waals surface area contributed by atoms with Crippen molar-refractivity contribution in [2.75, 3.05) is 33.2 Å². The maximum absolute atomic E-state index is 15.5. The fraction of sp³-hybridized carbons (Fsp3) is 0.606. The molecule has 0 spiro atoms. The lowest BCUT2D eigenvalue weighted by atomic mass is 9.76. The summed E-state index contributed by atoms with van der Waals surface area (Å²) >= 11 is 0. The Labute approximate surface area is 272 Å². The van der Waals surface area contributed by atoms with Gasteiger partial charge in [-0.1, -0.05) is 19.1 Å². The smallest absolute Gasteiger partial charge is 0.344 e. The summed E-state index contributed by atoms with van der Waals surface area (Å²) < 4.78 is 57.0. The van der Waals surface area contributed by atoms with Crippen LogP contribution in [-0.4, -0.2) is 94.6 Å². The second kappa shape index (κ2) is 15.9. The molecule has 2 heterocycles. The van der Waals surface area contributed by atoms with Crippen LogP contribution in [0.2, 0.25) is 0 Å².